The fraction of sp³-hybridized carbons (Fsp3) is 0.150. The monoisotopic (exact) mass is 406 g/mol. The Balaban J connectivity index is 1.42. The van der Waals surface area contributed by atoms with Crippen LogP contribution in [-0.4, -0.2) is 51.0 Å². The molecule has 4 rings (SSSR count). The lowest BCUT2D eigenvalue weighted by molar-refractivity contribution is 0.0945. The van der Waals surface area contributed by atoms with Crippen molar-refractivity contribution in [3.8, 4) is 23.0 Å². The van der Waals surface area contributed by atoms with Gasteiger partial charge in [-0.05, 0) is 42.5 Å². The maximum atomic E-state index is 12.0. The number of carbonyl (C=O) groups is 1. The molecular weight excluding hydrogens is 388 g/mol. The van der Waals surface area contributed by atoms with E-state index in [0.29, 0.717) is 17.4 Å². The largest absolute Gasteiger partial charge is 0.497 e. The van der Waals surface area contributed by atoms with E-state index in [-0.39, 0.29) is 18.7 Å². The minimum Gasteiger partial charge on any atom is -0.497 e. The predicted molar refractivity (Wildman–Crippen MR) is 108 cm³/mol. The van der Waals surface area contributed by atoms with Gasteiger partial charge in [-0.15, -0.1) is 15.3 Å². The maximum Gasteiger partial charge on any atom is 0.260 e. The molecule has 0 unspecified atom stereocenters. The summed E-state index contributed by atoms with van der Waals surface area (Å²) in [6.07, 6.45) is 1.47. The Morgan fingerprint density at radius 1 is 1.13 bits per heavy atom. The van der Waals surface area contributed by atoms with Gasteiger partial charge in [-0.3, -0.25) is 9.59 Å². The number of amides is 1. The van der Waals surface area contributed by atoms with Crippen molar-refractivity contribution in [2.24, 2.45) is 0 Å². The van der Waals surface area contributed by atoms with Crippen LogP contribution in [0.4, 0.5) is 0 Å². The van der Waals surface area contributed by atoms with Gasteiger partial charge < -0.3 is 19.8 Å². The first-order chi connectivity index (χ1) is 14.7. The third-order valence-electron chi connectivity index (χ3n) is 4.29. The Morgan fingerprint density at radius 3 is 2.73 bits per heavy atom. The molecule has 10 nitrogen and oxygen atoms in total. The molecule has 0 radical (unpaired) electrons. The predicted octanol–water partition coefficient (Wildman–Crippen LogP) is 1.30. The van der Waals surface area contributed by atoms with Gasteiger partial charge in [-0.2, -0.15) is 4.52 Å². The molecule has 0 spiro atoms. The van der Waals surface area contributed by atoms with Crippen molar-refractivity contribution in [2.45, 2.75) is 0 Å². The van der Waals surface area contributed by atoms with E-state index < -0.39 is 11.5 Å². The summed E-state index contributed by atoms with van der Waals surface area (Å²) in [6, 6.07) is 13.9. The molecule has 0 saturated heterocycles. The minimum absolute atomic E-state index is 0.0469. The highest BCUT2D eigenvalue weighted by atomic mass is 16.5. The highest BCUT2D eigenvalue weighted by Gasteiger charge is 2.11. The van der Waals surface area contributed by atoms with Crippen LogP contribution < -0.4 is 20.3 Å². The number of methoxy groups -OCH3 is 1. The summed E-state index contributed by atoms with van der Waals surface area (Å²) in [4.78, 5) is 26.1. The number of rotatable bonds is 7. The standard InChI is InChI=1S/C20H18N6O4/c1-29-14-6-4-13(5-7-14)18-24-23-16-8-9-17(25-26(16)18)30-12-11-22-20(28)15-3-2-10-21-19(15)27/h2-10H,11-12H2,1H3,(H,21,27)(H,22,28). The Labute approximate surface area is 170 Å². The second-order valence-corrected chi connectivity index (χ2v) is 6.21. The van der Waals surface area contributed by atoms with Crippen molar-refractivity contribution in [3.05, 3.63) is 70.6 Å². The molecule has 152 valence electrons. The number of carbonyl (C=O) groups excluding carboxylic acids is 1. The molecular formula is C20H18N6O4. The highest BCUT2D eigenvalue weighted by molar-refractivity contribution is 5.93. The van der Waals surface area contributed by atoms with Crippen molar-refractivity contribution in [1.82, 2.24) is 30.1 Å². The lowest BCUT2D eigenvalue weighted by Gasteiger charge is -2.07. The molecule has 3 aromatic heterocycles. The van der Waals surface area contributed by atoms with Crippen LogP contribution in [0.1, 0.15) is 10.4 Å². The Hall–Kier alpha value is -4.21. The van der Waals surface area contributed by atoms with E-state index in [0.717, 1.165) is 11.3 Å². The van der Waals surface area contributed by atoms with Gasteiger partial charge in [0.05, 0.1) is 13.7 Å². The van der Waals surface area contributed by atoms with E-state index in [1.54, 1.807) is 29.8 Å². The Bertz CT molecular complexity index is 1230. The van der Waals surface area contributed by atoms with Gasteiger partial charge in [0.1, 0.15) is 17.9 Å². The fourth-order valence-corrected chi connectivity index (χ4v) is 2.78. The summed E-state index contributed by atoms with van der Waals surface area (Å²) in [7, 11) is 1.60. The Kier molecular flexibility index (Phi) is 5.37. The first-order valence-corrected chi connectivity index (χ1v) is 9.11. The normalized spacial score (nSPS) is 10.7. The van der Waals surface area contributed by atoms with Crippen LogP contribution in [0.25, 0.3) is 17.0 Å². The number of aromatic amines is 1. The topological polar surface area (TPSA) is 123 Å². The van der Waals surface area contributed by atoms with E-state index in [1.165, 1.54) is 12.3 Å². The van der Waals surface area contributed by atoms with Crippen LogP contribution in [0.5, 0.6) is 11.6 Å². The van der Waals surface area contributed by atoms with Gasteiger partial charge in [0, 0.05) is 17.8 Å². The SMILES string of the molecule is COc1ccc(-c2nnc3ccc(OCCNC(=O)c4ccc[nH]c4=O)nn23)cc1. The second kappa shape index (κ2) is 8.43. The number of nitrogens with one attached hydrogen (secondary N) is 2. The molecule has 0 fully saturated rings. The molecule has 0 saturated carbocycles. The number of ether oxygens (including phenoxy) is 2. The zero-order valence-corrected chi connectivity index (χ0v) is 16.0. The van der Waals surface area contributed by atoms with Crippen molar-refractivity contribution >= 4 is 11.6 Å². The first-order valence-electron chi connectivity index (χ1n) is 9.11. The number of aromatic nitrogens is 5. The van der Waals surface area contributed by atoms with Gasteiger partial charge >= 0.3 is 0 Å². The van der Waals surface area contributed by atoms with Gasteiger partial charge in [-0.25, -0.2) is 0 Å². The van der Waals surface area contributed by atoms with Crippen LogP contribution in [0, 0.1) is 0 Å². The lowest BCUT2D eigenvalue weighted by Crippen LogP contribution is -2.32. The van der Waals surface area contributed by atoms with Gasteiger partial charge in [0.15, 0.2) is 11.5 Å². The molecule has 0 aliphatic carbocycles. The van der Waals surface area contributed by atoms with E-state index >= 15 is 0 Å². The first kappa shape index (κ1) is 19.1. The zero-order chi connectivity index (χ0) is 20.9. The molecule has 10 heteroatoms. The summed E-state index contributed by atoms with van der Waals surface area (Å²) in [6.45, 7) is 0.384. The highest BCUT2D eigenvalue weighted by Crippen LogP contribution is 2.21. The number of pyridine rings is 1. The fourth-order valence-electron chi connectivity index (χ4n) is 2.78. The summed E-state index contributed by atoms with van der Waals surface area (Å²) in [5.74, 6) is 1.19. The molecule has 0 atom stereocenters. The van der Waals surface area contributed by atoms with E-state index in [4.69, 9.17) is 9.47 Å². The molecule has 1 amide bonds. The van der Waals surface area contributed by atoms with Crippen molar-refractivity contribution in [1.29, 1.82) is 0 Å². The molecule has 1 aromatic carbocycles. The Morgan fingerprint density at radius 2 is 1.97 bits per heavy atom. The average Bonchev–Trinajstić information content (AvgIpc) is 3.20. The number of benzene rings is 1. The molecule has 0 aliphatic rings. The summed E-state index contributed by atoms with van der Waals surface area (Å²) >= 11 is 0. The minimum atomic E-state index is -0.468. The van der Waals surface area contributed by atoms with Crippen LogP contribution in [0.2, 0.25) is 0 Å². The number of nitrogens with zero attached hydrogens (tertiary/aromatic N) is 4. The lowest BCUT2D eigenvalue weighted by atomic mass is 10.2. The van der Waals surface area contributed by atoms with Crippen LogP contribution >= 0.6 is 0 Å². The number of hydrogen-bond donors (Lipinski definition) is 2. The average molecular weight is 406 g/mol. The van der Waals surface area contributed by atoms with Gasteiger partial charge in [0.2, 0.25) is 5.88 Å². The zero-order valence-electron chi connectivity index (χ0n) is 16.0. The summed E-state index contributed by atoms with van der Waals surface area (Å²) < 4.78 is 12.4. The molecule has 3 heterocycles. The van der Waals surface area contributed by atoms with Crippen molar-refractivity contribution < 1.29 is 14.3 Å². The summed E-state index contributed by atoms with van der Waals surface area (Å²) in [5, 5.41) is 15.4. The third kappa shape index (κ3) is 3.97. The summed E-state index contributed by atoms with van der Waals surface area (Å²) in [5.41, 5.74) is 1.01. The van der Waals surface area contributed by atoms with Crippen LogP contribution in [0.3, 0.4) is 0 Å². The molecule has 30 heavy (non-hydrogen) atoms. The number of H-pyrrole nitrogens is 1. The quantitative estimate of drug-likeness (QED) is 0.443. The van der Waals surface area contributed by atoms with Gasteiger partial charge in [0.25, 0.3) is 11.5 Å². The van der Waals surface area contributed by atoms with E-state index in [2.05, 4.69) is 25.6 Å². The number of hydrogen-bond acceptors (Lipinski definition) is 7. The van der Waals surface area contributed by atoms with Crippen LogP contribution in [0.15, 0.2) is 59.5 Å². The third-order valence-corrected chi connectivity index (χ3v) is 4.29. The molecule has 0 aliphatic heterocycles. The van der Waals surface area contributed by atoms with Crippen molar-refractivity contribution in [2.75, 3.05) is 20.3 Å². The smallest absolute Gasteiger partial charge is 0.260 e. The van der Waals surface area contributed by atoms with E-state index in [9.17, 15) is 9.59 Å². The molecule has 2 N–H and O–H groups in total. The van der Waals surface area contributed by atoms with Crippen LogP contribution in [-0.2, 0) is 0 Å². The number of fused-ring (bicyclic) bond motifs is 1. The second-order valence-electron chi connectivity index (χ2n) is 6.21. The molecule has 4 aromatic rings. The maximum absolute atomic E-state index is 12.0. The van der Waals surface area contributed by atoms with E-state index in [1.807, 2.05) is 24.3 Å². The van der Waals surface area contributed by atoms with Gasteiger partial charge in [-0.1, -0.05) is 0 Å². The molecule has 0 bridgehead atoms. The van der Waals surface area contributed by atoms with Crippen molar-refractivity contribution in [3.63, 3.8) is 0 Å².